The van der Waals surface area contributed by atoms with Crippen LogP contribution in [0.3, 0.4) is 0 Å². The van der Waals surface area contributed by atoms with Crippen LogP contribution in [0.2, 0.25) is 0 Å². The van der Waals surface area contributed by atoms with Gasteiger partial charge in [-0.1, -0.05) is 84.2 Å². The molecule has 3 N–H and O–H groups in total. The molecule has 4 amide bonds. The monoisotopic (exact) mass is 858 g/mol. The van der Waals surface area contributed by atoms with E-state index in [1.54, 1.807) is 30.9 Å². The van der Waals surface area contributed by atoms with Crippen LogP contribution in [0.25, 0.3) is 0 Å². The third kappa shape index (κ3) is 12.5. The van der Waals surface area contributed by atoms with Gasteiger partial charge in [0, 0.05) is 40.3 Å². The minimum Gasteiger partial charge on any atom is -0.480 e. The number of thiol groups is 1. The lowest BCUT2D eigenvalue weighted by molar-refractivity contribution is -0.148. The molecular formula is C46H75N5O8S. The summed E-state index contributed by atoms with van der Waals surface area (Å²) in [6, 6.07) is 6.58. The highest BCUT2D eigenvalue weighted by molar-refractivity contribution is 7.80. The number of fused-ring (bicyclic) bond motifs is 2. The van der Waals surface area contributed by atoms with Crippen molar-refractivity contribution in [3.05, 3.63) is 35.9 Å². The number of hydrogen-bond acceptors (Lipinski definition) is 9. The number of carboxylic acids is 1. The van der Waals surface area contributed by atoms with Crippen LogP contribution in [-0.2, 0) is 39.9 Å². The molecule has 1 saturated carbocycles. The summed E-state index contributed by atoms with van der Waals surface area (Å²) in [6.45, 7) is 11.1. The standard InChI is InChI=1S/C46H75N5O8S/c1-9-30(4)40(49(6)45(55)39(29(2)3)48-44(54)41-33-21-22-34(27-33)50(41)23-15-10-11-16-25-60)37(58-7)28-38(52)51-24-17-20-36(51)42(59-8)31(5)43(53)47-35(46(56)57)26-32-18-13-12-14-19-32/h12-14,18-19,29-31,33-37,39-42,60H,9-11,15-17,20-28H2,1-8H3,(H,47,53)(H,48,54)(H,56,57)/t30?,31?,33-,34+,35?,36-,37?,39?,40?,41-,42?/m0/s1. The molecule has 1 aromatic carbocycles. The lowest BCUT2D eigenvalue weighted by atomic mass is 9.89. The number of likely N-dealkylation sites (N-methyl/N-ethyl adjacent to an activating group) is 1. The van der Waals surface area contributed by atoms with Crippen molar-refractivity contribution in [3.8, 4) is 0 Å². The number of aliphatic carboxylic acids is 1. The van der Waals surface area contributed by atoms with E-state index in [0.29, 0.717) is 31.3 Å². The second-order valence-electron chi connectivity index (χ2n) is 18.0. The first kappa shape index (κ1) is 49.5. The summed E-state index contributed by atoms with van der Waals surface area (Å²) in [7, 11) is 4.83. The summed E-state index contributed by atoms with van der Waals surface area (Å²) >= 11 is 4.34. The predicted molar refractivity (Wildman–Crippen MR) is 237 cm³/mol. The van der Waals surface area contributed by atoms with E-state index in [1.165, 1.54) is 7.11 Å². The molecule has 2 aliphatic heterocycles. The summed E-state index contributed by atoms with van der Waals surface area (Å²) in [5.41, 5.74) is 0.790. The lowest BCUT2D eigenvalue weighted by Gasteiger charge is -2.41. The highest BCUT2D eigenvalue weighted by Crippen LogP contribution is 2.43. The van der Waals surface area contributed by atoms with E-state index in [9.17, 15) is 29.1 Å². The van der Waals surface area contributed by atoms with Gasteiger partial charge < -0.3 is 35.0 Å². The Labute approximate surface area is 364 Å². The fourth-order valence-electron chi connectivity index (χ4n) is 10.2. The van der Waals surface area contributed by atoms with E-state index >= 15 is 0 Å². The van der Waals surface area contributed by atoms with Crippen LogP contribution in [0.5, 0.6) is 0 Å². The van der Waals surface area contributed by atoms with Gasteiger partial charge in [-0.2, -0.15) is 12.6 Å². The molecule has 13 nitrogen and oxygen atoms in total. The van der Waals surface area contributed by atoms with Crippen LogP contribution in [0, 0.1) is 23.7 Å². The van der Waals surface area contributed by atoms with Crippen molar-refractivity contribution in [1.82, 2.24) is 25.3 Å². The second-order valence-corrected chi connectivity index (χ2v) is 18.4. The fraction of sp³-hybridized carbons (Fsp3) is 0.761. The number of amides is 4. The van der Waals surface area contributed by atoms with Crippen molar-refractivity contribution in [1.29, 1.82) is 0 Å². The number of benzene rings is 1. The van der Waals surface area contributed by atoms with Crippen LogP contribution in [0.15, 0.2) is 30.3 Å². The first-order valence-electron chi connectivity index (χ1n) is 22.5. The number of nitrogens with one attached hydrogen (secondary N) is 2. The van der Waals surface area contributed by atoms with Crippen LogP contribution < -0.4 is 10.6 Å². The fourth-order valence-corrected chi connectivity index (χ4v) is 10.4. The van der Waals surface area contributed by atoms with Gasteiger partial charge in [0.15, 0.2) is 0 Å². The SMILES string of the molecule is CCC(C)C(C(CC(=O)N1CCC[C@H]1C(OC)C(C)C(=O)NC(Cc1ccccc1)C(=O)O)OC)N(C)C(=O)C(NC(=O)[C@@H]1[C@H]2CC[C@H](C2)N1CCCCCCS)C(C)C. The molecule has 60 heavy (non-hydrogen) atoms. The highest BCUT2D eigenvalue weighted by atomic mass is 32.1. The highest BCUT2D eigenvalue weighted by Gasteiger charge is 2.50. The van der Waals surface area contributed by atoms with Crippen LogP contribution in [0.4, 0.5) is 0 Å². The molecule has 2 bridgehead atoms. The second kappa shape index (κ2) is 23.9. The molecule has 1 aromatic rings. The number of nitrogens with zero attached hydrogens (tertiary/aromatic N) is 3. The van der Waals surface area contributed by atoms with Gasteiger partial charge in [0.25, 0.3) is 0 Å². The van der Waals surface area contributed by atoms with E-state index in [4.69, 9.17) is 9.47 Å². The zero-order valence-corrected chi connectivity index (χ0v) is 38.4. The molecule has 0 radical (unpaired) electrons. The Morgan fingerprint density at radius 3 is 2.27 bits per heavy atom. The van der Waals surface area contributed by atoms with Gasteiger partial charge in [0.05, 0.1) is 42.7 Å². The third-order valence-corrected chi connectivity index (χ3v) is 14.0. The van der Waals surface area contributed by atoms with Gasteiger partial charge in [0.1, 0.15) is 12.1 Å². The Balaban J connectivity index is 1.45. The number of likely N-dealkylation sites (tertiary alicyclic amines) is 2. The maximum Gasteiger partial charge on any atom is 0.326 e. The van der Waals surface area contributed by atoms with Gasteiger partial charge >= 0.3 is 5.97 Å². The largest absolute Gasteiger partial charge is 0.480 e. The van der Waals surface area contributed by atoms with Gasteiger partial charge in [-0.3, -0.25) is 24.1 Å². The summed E-state index contributed by atoms with van der Waals surface area (Å²) in [5.74, 6) is -1.80. The molecule has 0 spiro atoms. The quantitative estimate of drug-likeness (QED) is 0.0767. The third-order valence-electron chi connectivity index (χ3n) is 13.7. The lowest BCUT2D eigenvalue weighted by Crippen LogP contribution is -2.60. The Hall–Kier alpha value is -3.20. The summed E-state index contributed by atoms with van der Waals surface area (Å²) in [6.07, 6.45) is 8.46. The predicted octanol–water partition coefficient (Wildman–Crippen LogP) is 5.20. The minimum absolute atomic E-state index is 0.00159. The minimum atomic E-state index is -1.13. The molecule has 3 fully saturated rings. The molecule has 2 heterocycles. The molecule has 14 heteroatoms. The average molecular weight is 858 g/mol. The molecule has 0 aromatic heterocycles. The summed E-state index contributed by atoms with van der Waals surface area (Å²) < 4.78 is 12.0. The topological polar surface area (TPSA) is 158 Å². The van der Waals surface area contributed by atoms with Gasteiger partial charge in [-0.25, -0.2) is 4.79 Å². The molecule has 1 aliphatic carbocycles. The molecule has 2 saturated heterocycles. The average Bonchev–Trinajstić information content (AvgIpc) is 4.00. The van der Waals surface area contributed by atoms with Crippen molar-refractivity contribution in [2.45, 2.75) is 160 Å². The molecule has 338 valence electrons. The first-order chi connectivity index (χ1) is 28.7. The van der Waals surface area contributed by atoms with Crippen LogP contribution in [0.1, 0.15) is 111 Å². The maximum atomic E-state index is 14.6. The molecule has 4 rings (SSSR count). The van der Waals surface area contributed by atoms with Crippen molar-refractivity contribution in [3.63, 3.8) is 0 Å². The number of rotatable bonds is 25. The number of ether oxygens (including phenoxy) is 2. The number of carbonyl (C=O) groups is 5. The smallest absolute Gasteiger partial charge is 0.326 e. The number of methoxy groups -OCH3 is 2. The maximum absolute atomic E-state index is 14.6. The molecular weight excluding hydrogens is 783 g/mol. The number of piperidine rings is 1. The van der Waals surface area contributed by atoms with E-state index < -0.39 is 54.2 Å². The van der Waals surface area contributed by atoms with Gasteiger partial charge in [-0.05, 0) is 80.6 Å². The van der Waals surface area contributed by atoms with Crippen LogP contribution in [-0.4, -0.2) is 138 Å². The summed E-state index contributed by atoms with van der Waals surface area (Å²) in [4.78, 5) is 74.6. The number of hydrogen-bond donors (Lipinski definition) is 4. The Morgan fingerprint density at radius 2 is 1.65 bits per heavy atom. The van der Waals surface area contributed by atoms with Gasteiger partial charge in [0.2, 0.25) is 23.6 Å². The molecule has 11 atom stereocenters. The van der Waals surface area contributed by atoms with E-state index in [-0.39, 0.29) is 48.4 Å². The zero-order chi connectivity index (χ0) is 44.1. The normalized spacial score (nSPS) is 23.7. The molecule has 7 unspecified atom stereocenters. The van der Waals surface area contributed by atoms with E-state index in [2.05, 4.69) is 42.0 Å². The van der Waals surface area contributed by atoms with Crippen molar-refractivity contribution in [2.24, 2.45) is 23.7 Å². The zero-order valence-electron chi connectivity index (χ0n) is 37.5. The Morgan fingerprint density at radius 1 is 0.950 bits per heavy atom. The summed E-state index contributed by atoms with van der Waals surface area (Å²) in [5, 5.41) is 15.8. The Kier molecular flexibility index (Phi) is 19.7. The van der Waals surface area contributed by atoms with Gasteiger partial charge in [-0.15, -0.1) is 0 Å². The van der Waals surface area contributed by atoms with E-state index in [0.717, 1.165) is 69.2 Å². The molecule has 3 aliphatic rings. The van der Waals surface area contributed by atoms with Crippen molar-refractivity contribution >= 4 is 42.2 Å². The van der Waals surface area contributed by atoms with Crippen molar-refractivity contribution in [2.75, 3.05) is 40.1 Å². The number of carboxylic acid groups (broad SMARTS) is 1. The first-order valence-corrected chi connectivity index (χ1v) is 23.2. The Bertz CT molecular complexity index is 1550. The van der Waals surface area contributed by atoms with Crippen molar-refractivity contribution < 1.29 is 38.6 Å². The number of unbranched alkanes of at least 4 members (excludes halogenated alkanes) is 3. The number of carbonyl (C=O) groups excluding carboxylic acids is 4. The van der Waals surface area contributed by atoms with E-state index in [1.807, 2.05) is 44.2 Å². The van der Waals surface area contributed by atoms with Crippen LogP contribution >= 0.6 is 12.6 Å².